The number of hydrogen-bond donors (Lipinski definition) is 2. The van der Waals surface area contributed by atoms with E-state index >= 15 is 0 Å². The molecule has 0 radical (unpaired) electrons. The summed E-state index contributed by atoms with van der Waals surface area (Å²) < 4.78 is 10.1. The van der Waals surface area contributed by atoms with Gasteiger partial charge in [-0.05, 0) is 43.3 Å². The Kier molecular flexibility index (Phi) is 7.19. The number of carbonyl (C=O) groups is 3. The van der Waals surface area contributed by atoms with Crippen molar-refractivity contribution in [3.05, 3.63) is 59.1 Å². The summed E-state index contributed by atoms with van der Waals surface area (Å²) in [6, 6.07) is 13.0. The van der Waals surface area contributed by atoms with Crippen LogP contribution in [-0.4, -0.2) is 37.5 Å². The number of esters is 1. The van der Waals surface area contributed by atoms with Gasteiger partial charge in [-0.2, -0.15) is 0 Å². The largest absolute Gasteiger partial charge is 0.497 e. The van der Waals surface area contributed by atoms with E-state index in [-0.39, 0.29) is 6.54 Å². The van der Waals surface area contributed by atoms with E-state index in [1.54, 1.807) is 36.4 Å². The van der Waals surface area contributed by atoms with E-state index < -0.39 is 23.9 Å². The Morgan fingerprint density at radius 3 is 2.48 bits per heavy atom. The van der Waals surface area contributed by atoms with Crippen molar-refractivity contribution in [2.45, 2.75) is 13.0 Å². The molecule has 0 aliphatic heterocycles. The van der Waals surface area contributed by atoms with Gasteiger partial charge < -0.3 is 20.1 Å². The van der Waals surface area contributed by atoms with Crippen LogP contribution in [0, 0.1) is 0 Å². The first-order valence-electron chi connectivity index (χ1n) is 8.07. The lowest BCUT2D eigenvalue weighted by molar-refractivity contribution is -0.152. The average molecular weight is 391 g/mol. The van der Waals surface area contributed by atoms with Gasteiger partial charge in [0.1, 0.15) is 12.3 Å². The number of halogens is 1. The quantitative estimate of drug-likeness (QED) is 0.709. The predicted molar refractivity (Wildman–Crippen MR) is 101 cm³/mol. The van der Waals surface area contributed by atoms with Crippen molar-refractivity contribution < 1.29 is 23.9 Å². The van der Waals surface area contributed by atoms with Gasteiger partial charge in [-0.25, -0.2) is 0 Å². The highest BCUT2D eigenvalue weighted by Crippen LogP contribution is 2.17. The molecular formula is C19H19ClN2O5. The van der Waals surface area contributed by atoms with Crippen LogP contribution in [0.2, 0.25) is 5.02 Å². The Hall–Kier alpha value is -3.06. The third-order valence-electron chi connectivity index (χ3n) is 3.51. The highest BCUT2D eigenvalue weighted by atomic mass is 35.5. The highest BCUT2D eigenvalue weighted by Gasteiger charge is 2.18. The summed E-state index contributed by atoms with van der Waals surface area (Å²) in [5.41, 5.74) is 0.870. The molecule has 0 aliphatic rings. The smallest absolute Gasteiger partial charge is 0.326 e. The minimum atomic E-state index is -1.03. The van der Waals surface area contributed by atoms with Crippen LogP contribution in [0.15, 0.2) is 48.5 Å². The topological polar surface area (TPSA) is 93.7 Å². The first-order chi connectivity index (χ1) is 12.9. The Bertz CT molecular complexity index is 823. The Morgan fingerprint density at radius 2 is 1.81 bits per heavy atom. The molecule has 8 heteroatoms. The number of anilines is 1. The zero-order valence-electron chi connectivity index (χ0n) is 14.8. The number of nitrogens with one attached hydrogen (secondary N) is 2. The summed E-state index contributed by atoms with van der Waals surface area (Å²) in [7, 11) is 1.52. The van der Waals surface area contributed by atoms with Gasteiger partial charge in [-0.1, -0.05) is 17.7 Å². The van der Waals surface area contributed by atoms with Crippen molar-refractivity contribution >= 4 is 35.1 Å². The van der Waals surface area contributed by atoms with E-state index in [1.165, 1.54) is 26.2 Å². The van der Waals surface area contributed by atoms with Crippen molar-refractivity contribution in [2.75, 3.05) is 19.0 Å². The lowest BCUT2D eigenvalue weighted by atomic mass is 10.2. The standard InChI is InChI=1S/C19H19ClN2O5/c1-12(18(24)22-15-4-3-5-16(10-15)26-2)27-17(23)11-21-19(25)13-6-8-14(20)9-7-13/h3-10,12H,11H2,1-2H3,(H,21,25)(H,22,24)/t12-/m1/s1. The van der Waals surface area contributed by atoms with E-state index in [0.717, 1.165) is 0 Å². The van der Waals surface area contributed by atoms with E-state index in [2.05, 4.69) is 10.6 Å². The second-order valence-corrected chi connectivity index (χ2v) is 5.98. The normalized spacial score (nSPS) is 11.2. The van der Waals surface area contributed by atoms with Crippen molar-refractivity contribution in [3.63, 3.8) is 0 Å². The molecule has 2 N–H and O–H groups in total. The molecule has 2 rings (SSSR count). The molecule has 0 heterocycles. The summed E-state index contributed by atoms with van der Waals surface area (Å²) in [6.07, 6.45) is -1.03. The zero-order chi connectivity index (χ0) is 19.8. The van der Waals surface area contributed by atoms with Gasteiger partial charge in [0.2, 0.25) is 0 Å². The first-order valence-corrected chi connectivity index (χ1v) is 8.45. The summed E-state index contributed by atoms with van der Waals surface area (Å²) in [4.78, 5) is 35.9. The van der Waals surface area contributed by atoms with Gasteiger partial charge in [-0.3, -0.25) is 14.4 Å². The summed E-state index contributed by atoms with van der Waals surface area (Å²) >= 11 is 5.76. The summed E-state index contributed by atoms with van der Waals surface area (Å²) in [6.45, 7) is 1.08. The van der Waals surface area contributed by atoms with Gasteiger partial charge in [0.05, 0.1) is 7.11 Å². The summed E-state index contributed by atoms with van der Waals surface area (Å²) in [5.74, 6) is -1.09. The SMILES string of the molecule is COc1cccc(NC(=O)[C@@H](C)OC(=O)CNC(=O)c2ccc(Cl)cc2)c1. The minimum Gasteiger partial charge on any atom is -0.497 e. The Balaban J connectivity index is 1.80. The molecule has 2 amide bonds. The molecule has 0 bridgehead atoms. The van der Waals surface area contributed by atoms with Crippen LogP contribution in [0.25, 0.3) is 0 Å². The van der Waals surface area contributed by atoms with Gasteiger partial charge in [0.25, 0.3) is 11.8 Å². The Labute approximate surface area is 161 Å². The number of hydrogen-bond acceptors (Lipinski definition) is 5. The first kappa shape index (κ1) is 20.3. The fraction of sp³-hybridized carbons (Fsp3) is 0.211. The molecule has 0 saturated heterocycles. The third-order valence-corrected chi connectivity index (χ3v) is 3.77. The van der Waals surface area contributed by atoms with Crippen LogP contribution in [0.1, 0.15) is 17.3 Å². The second kappa shape index (κ2) is 9.59. The molecule has 0 unspecified atom stereocenters. The number of benzene rings is 2. The van der Waals surface area contributed by atoms with Crippen molar-refractivity contribution in [1.29, 1.82) is 0 Å². The molecule has 0 aromatic heterocycles. The zero-order valence-corrected chi connectivity index (χ0v) is 15.6. The molecule has 142 valence electrons. The average Bonchev–Trinajstić information content (AvgIpc) is 2.66. The van der Waals surface area contributed by atoms with E-state index in [1.807, 2.05) is 0 Å². The van der Waals surface area contributed by atoms with Gasteiger partial charge in [0.15, 0.2) is 6.10 Å². The van der Waals surface area contributed by atoms with Crippen LogP contribution in [0.5, 0.6) is 5.75 Å². The maximum Gasteiger partial charge on any atom is 0.326 e. The fourth-order valence-electron chi connectivity index (χ4n) is 2.09. The maximum atomic E-state index is 12.1. The van der Waals surface area contributed by atoms with Crippen molar-refractivity contribution in [2.24, 2.45) is 0 Å². The summed E-state index contributed by atoms with van der Waals surface area (Å²) in [5, 5.41) is 5.55. The number of carbonyl (C=O) groups excluding carboxylic acids is 3. The van der Waals surface area contributed by atoms with Crippen molar-refractivity contribution in [3.8, 4) is 5.75 Å². The molecule has 0 spiro atoms. The fourth-order valence-corrected chi connectivity index (χ4v) is 2.22. The third kappa shape index (κ3) is 6.31. The van der Waals surface area contributed by atoms with Crippen LogP contribution in [0.3, 0.4) is 0 Å². The molecule has 2 aromatic rings. The van der Waals surface area contributed by atoms with Gasteiger partial charge in [-0.15, -0.1) is 0 Å². The van der Waals surface area contributed by atoms with Crippen molar-refractivity contribution in [1.82, 2.24) is 5.32 Å². The molecular weight excluding hydrogens is 372 g/mol. The molecule has 7 nitrogen and oxygen atoms in total. The Morgan fingerprint density at radius 1 is 1.11 bits per heavy atom. The van der Waals surface area contributed by atoms with Crippen LogP contribution in [-0.2, 0) is 14.3 Å². The number of methoxy groups -OCH3 is 1. The molecule has 27 heavy (non-hydrogen) atoms. The number of ether oxygens (including phenoxy) is 2. The van der Waals surface area contributed by atoms with Crippen LogP contribution in [0.4, 0.5) is 5.69 Å². The van der Waals surface area contributed by atoms with Crippen LogP contribution >= 0.6 is 11.6 Å². The van der Waals surface area contributed by atoms with E-state index in [9.17, 15) is 14.4 Å². The lowest BCUT2D eigenvalue weighted by Gasteiger charge is -2.14. The highest BCUT2D eigenvalue weighted by molar-refractivity contribution is 6.30. The van der Waals surface area contributed by atoms with Gasteiger partial charge >= 0.3 is 5.97 Å². The molecule has 0 saturated carbocycles. The maximum absolute atomic E-state index is 12.1. The number of rotatable bonds is 7. The van der Waals surface area contributed by atoms with E-state index in [0.29, 0.717) is 22.0 Å². The number of amides is 2. The second-order valence-electron chi connectivity index (χ2n) is 5.54. The van der Waals surface area contributed by atoms with Gasteiger partial charge in [0, 0.05) is 22.3 Å². The minimum absolute atomic E-state index is 0.357. The lowest BCUT2D eigenvalue weighted by Crippen LogP contribution is -2.35. The molecule has 1 atom stereocenters. The predicted octanol–water partition coefficient (Wildman–Crippen LogP) is 2.65. The van der Waals surface area contributed by atoms with E-state index in [4.69, 9.17) is 21.1 Å². The monoisotopic (exact) mass is 390 g/mol. The molecule has 0 fully saturated rings. The van der Waals surface area contributed by atoms with Crippen LogP contribution < -0.4 is 15.4 Å². The molecule has 2 aromatic carbocycles. The molecule has 0 aliphatic carbocycles.